The van der Waals surface area contributed by atoms with Crippen molar-refractivity contribution in [3.05, 3.63) is 17.8 Å². The molecule has 2 heterocycles. The van der Waals surface area contributed by atoms with Crippen LogP contribution >= 0.6 is 0 Å². The van der Waals surface area contributed by atoms with Crippen molar-refractivity contribution >= 4 is 11.5 Å². The molecule has 1 fully saturated rings. The molecule has 4 heteroatoms. The van der Waals surface area contributed by atoms with Crippen LogP contribution in [0.15, 0.2) is 12.3 Å². The summed E-state index contributed by atoms with van der Waals surface area (Å²) in [6.07, 6.45) is 5.62. The summed E-state index contributed by atoms with van der Waals surface area (Å²) in [6, 6.07) is 1.97. The maximum atomic E-state index is 5.71. The zero-order chi connectivity index (χ0) is 11.4. The van der Waals surface area contributed by atoms with Crippen LogP contribution in [0.3, 0.4) is 0 Å². The Morgan fingerprint density at radius 3 is 3.12 bits per heavy atom. The van der Waals surface area contributed by atoms with Gasteiger partial charge in [-0.15, -0.1) is 0 Å². The van der Waals surface area contributed by atoms with Gasteiger partial charge in [-0.2, -0.15) is 0 Å². The number of aryl methyl sites for hydroxylation is 1. The lowest BCUT2D eigenvalue weighted by atomic mass is 10.1. The smallest absolute Gasteiger partial charge is 0.126 e. The molecule has 0 spiro atoms. The Kier molecular flexibility index (Phi) is 3.62. The molecule has 0 amide bonds. The van der Waals surface area contributed by atoms with Crippen LogP contribution in [0, 0.1) is 6.92 Å². The molecular weight excluding hydrogens is 202 g/mol. The fourth-order valence-corrected chi connectivity index (χ4v) is 1.85. The van der Waals surface area contributed by atoms with E-state index in [1.807, 2.05) is 13.0 Å². The number of nitrogen functional groups attached to an aromatic ring is 1. The number of ether oxygens (including phenoxy) is 1. The molecule has 0 saturated carbocycles. The van der Waals surface area contributed by atoms with Gasteiger partial charge in [0.25, 0.3) is 0 Å². The Bertz CT molecular complexity index is 348. The lowest BCUT2D eigenvalue weighted by Gasteiger charge is -2.23. The molecule has 1 aliphatic rings. The second-order valence-corrected chi connectivity index (χ2v) is 4.30. The SMILES string of the molecule is Cc1cc(NCC2CCCCO2)ncc1N. The number of anilines is 2. The summed E-state index contributed by atoms with van der Waals surface area (Å²) in [5, 5.41) is 3.29. The van der Waals surface area contributed by atoms with E-state index in [9.17, 15) is 0 Å². The molecule has 1 aromatic heterocycles. The maximum absolute atomic E-state index is 5.71. The highest BCUT2D eigenvalue weighted by atomic mass is 16.5. The molecule has 1 atom stereocenters. The van der Waals surface area contributed by atoms with E-state index in [1.165, 1.54) is 12.8 Å². The minimum absolute atomic E-state index is 0.327. The first-order chi connectivity index (χ1) is 7.75. The summed E-state index contributed by atoms with van der Waals surface area (Å²) in [5.41, 5.74) is 7.51. The average Bonchev–Trinajstić information content (AvgIpc) is 2.32. The zero-order valence-corrected chi connectivity index (χ0v) is 9.70. The number of nitrogens with one attached hydrogen (secondary N) is 1. The van der Waals surface area contributed by atoms with E-state index in [2.05, 4.69) is 10.3 Å². The van der Waals surface area contributed by atoms with Crippen molar-refractivity contribution in [3.8, 4) is 0 Å². The van der Waals surface area contributed by atoms with Crippen molar-refractivity contribution in [1.82, 2.24) is 4.98 Å². The first-order valence-electron chi connectivity index (χ1n) is 5.83. The van der Waals surface area contributed by atoms with Gasteiger partial charge in [0.15, 0.2) is 0 Å². The van der Waals surface area contributed by atoms with E-state index in [0.29, 0.717) is 6.10 Å². The van der Waals surface area contributed by atoms with Gasteiger partial charge < -0.3 is 15.8 Å². The zero-order valence-electron chi connectivity index (χ0n) is 9.70. The van der Waals surface area contributed by atoms with Gasteiger partial charge in [0.1, 0.15) is 5.82 Å². The van der Waals surface area contributed by atoms with Crippen LogP contribution in [0.2, 0.25) is 0 Å². The molecule has 16 heavy (non-hydrogen) atoms. The molecule has 1 aliphatic heterocycles. The third-order valence-electron chi connectivity index (χ3n) is 2.94. The lowest BCUT2D eigenvalue weighted by molar-refractivity contribution is 0.0247. The molecule has 0 aliphatic carbocycles. The van der Waals surface area contributed by atoms with Crippen molar-refractivity contribution in [2.75, 3.05) is 24.2 Å². The molecular formula is C12H19N3O. The number of hydrogen-bond donors (Lipinski definition) is 2. The highest BCUT2D eigenvalue weighted by Gasteiger charge is 2.13. The van der Waals surface area contributed by atoms with E-state index in [-0.39, 0.29) is 0 Å². The molecule has 1 unspecified atom stereocenters. The largest absolute Gasteiger partial charge is 0.397 e. The summed E-state index contributed by atoms with van der Waals surface area (Å²) in [7, 11) is 0. The lowest BCUT2D eigenvalue weighted by Crippen LogP contribution is -2.27. The van der Waals surface area contributed by atoms with Crippen molar-refractivity contribution in [1.29, 1.82) is 0 Å². The maximum Gasteiger partial charge on any atom is 0.126 e. The van der Waals surface area contributed by atoms with Gasteiger partial charge in [0.2, 0.25) is 0 Å². The number of pyridine rings is 1. The molecule has 2 rings (SSSR count). The first-order valence-corrected chi connectivity index (χ1v) is 5.83. The second-order valence-electron chi connectivity index (χ2n) is 4.30. The number of rotatable bonds is 3. The van der Waals surface area contributed by atoms with Gasteiger partial charge >= 0.3 is 0 Å². The van der Waals surface area contributed by atoms with Crippen LogP contribution in [0.1, 0.15) is 24.8 Å². The van der Waals surface area contributed by atoms with Gasteiger partial charge in [-0.1, -0.05) is 0 Å². The topological polar surface area (TPSA) is 60.2 Å². The van der Waals surface area contributed by atoms with Gasteiger partial charge in [-0.3, -0.25) is 0 Å². The summed E-state index contributed by atoms with van der Waals surface area (Å²) < 4.78 is 5.64. The normalized spacial score (nSPS) is 20.7. The standard InChI is InChI=1S/C12H19N3O/c1-9-6-12(15-8-11(9)13)14-7-10-4-2-3-5-16-10/h6,8,10H,2-5,7,13H2,1H3,(H,14,15). The van der Waals surface area contributed by atoms with Gasteiger partial charge in [0, 0.05) is 13.2 Å². The Balaban J connectivity index is 1.86. The van der Waals surface area contributed by atoms with Crippen molar-refractivity contribution < 1.29 is 4.74 Å². The van der Waals surface area contributed by atoms with Crippen LogP contribution < -0.4 is 11.1 Å². The molecule has 4 nitrogen and oxygen atoms in total. The summed E-state index contributed by atoms with van der Waals surface area (Å²) in [5.74, 6) is 0.876. The highest BCUT2D eigenvalue weighted by Crippen LogP contribution is 2.15. The van der Waals surface area contributed by atoms with Crippen molar-refractivity contribution in [2.45, 2.75) is 32.3 Å². The van der Waals surface area contributed by atoms with Gasteiger partial charge in [-0.25, -0.2) is 4.98 Å². The van der Waals surface area contributed by atoms with Crippen LogP contribution in [0.25, 0.3) is 0 Å². The molecule has 1 aromatic rings. The van der Waals surface area contributed by atoms with E-state index in [1.54, 1.807) is 6.20 Å². The molecule has 3 N–H and O–H groups in total. The number of nitrogens with two attached hydrogens (primary N) is 1. The summed E-state index contributed by atoms with van der Waals surface area (Å²) in [4.78, 5) is 4.23. The second kappa shape index (κ2) is 5.16. The predicted molar refractivity (Wildman–Crippen MR) is 65.5 cm³/mol. The number of aromatic nitrogens is 1. The molecule has 1 saturated heterocycles. The predicted octanol–water partition coefficient (Wildman–Crippen LogP) is 1.95. The van der Waals surface area contributed by atoms with Crippen molar-refractivity contribution in [2.24, 2.45) is 0 Å². The molecule has 0 aromatic carbocycles. The van der Waals surface area contributed by atoms with Gasteiger partial charge in [-0.05, 0) is 37.8 Å². The summed E-state index contributed by atoms with van der Waals surface area (Å²) >= 11 is 0. The quantitative estimate of drug-likeness (QED) is 0.819. The van der Waals surface area contributed by atoms with Crippen molar-refractivity contribution in [3.63, 3.8) is 0 Å². The minimum Gasteiger partial charge on any atom is -0.397 e. The minimum atomic E-state index is 0.327. The highest BCUT2D eigenvalue weighted by molar-refractivity contribution is 5.50. The van der Waals surface area contributed by atoms with Crippen LogP contribution in [-0.2, 0) is 4.74 Å². The number of hydrogen-bond acceptors (Lipinski definition) is 4. The monoisotopic (exact) mass is 221 g/mol. The third kappa shape index (κ3) is 2.85. The van der Waals surface area contributed by atoms with Crippen LogP contribution in [-0.4, -0.2) is 24.2 Å². The molecule has 0 radical (unpaired) electrons. The third-order valence-corrected chi connectivity index (χ3v) is 2.94. The van der Waals surface area contributed by atoms with E-state index in [0.717, 1.165) is 36.6 Å². The number of nitrogens with zero attached hydrogens (tertiary/aromatic N) is 1. The average molecular weight is 221 g/mol. The Morgan fingerprint density at radius 1 is 1.56 bits per heavy atom. The van der Waals surface area contributed by atoms with E-state index < -0.39 is 0 Å². The Morgan fingerprint density at radius 2 is 2.44 bits per heavy atom. The van der Waals surface area contributed by atoms with E-state index in [4.69, 9.17) is 10.5 Å². The van der Waals surface area contributed by atoms with Crippen LogP contribution in [0.4, 0.5) is 11.5 Å². The van der Waals surface area contributed by atoms with E-state index >= 15 is 0 Å². The summed E-state index contributed by atoms with van der Waals surface area (Å²) in [6.45, 7) is 3.70. The molecule has 0 bridgehead atoms. The first kappa shape index (κ1) is 11.2. The fourth-order valence-electron chi connectivity index (χ4n) is 1.85. The Labute approximate surface area is 96.2 Å². The molecule has 88 valence electrons. The van der Waals surface area contributed by atoms with Gasteiger partial charge in [0.05, 0.1) is 18.0 Å². The Hall–Kier alpha value is -1.29. The van der Waals surface area contributed by atoms with Crippen LogP contribution in [0.5, 0.6) is 0 Å². The fraction of sp³-hybridized carbons (Fsp3) is 0.583.